The fourth-order valence-corrected chi connectivity index (χ4v) is 2.56. The Labute approximate surface area is 144 Å². The monoisotopic (exact) mass is 340 g/mol. The second kappa shape index (κ2) is 7.72. The summed E-state index contributed by atoms with van der Waals surface area (Å²) in [6.45, 7) is 0.298. The van der Waals surface area contributed by atoms with Crippen LogP contribution >= 0.6 is 0 Å². The Morgan fingerprint density at radius 2 is 2.00 bits per heavy atom. The summed E-state index contributed by atoms with van der Waals surface area (Å²) in [5.74, 6) is -0.537. The molecule has 2 heterocycles. The van der Waals surface area contributed by atoms with Crippen molar-refractivity contribution in [2.75, 3.05) is 13.2 Å². The van der Waals surface area contributed by atoms with Crippen LogP contribution < -0.4 is 0 Å². The first-order chi connectivity index (χ1) is 12.2. The number of aliphatic hydroxyl groups excluding tert-OH is 1. The summed E-state index contributed by atoms with van der Waals surface area (Å²) in [6, 6.07) is 11.2. The molecule has 3 rings (SSSR count). The lowest BCUT2D eigenvalue weighted by Crippen LogP contribution is -2.33. The predicted octanol–water partition coefficient (Wildman–Crippen LogP) is 3.12. The van der Waals surface area contributed by atoms with Crippen LogP contribution in [0.15, 0.2) is 65.5 Å². The van der Waals surface area contributed by atoms with E-state index in [4.69, 9.17) is 4.42 Å². The second-order valence-corrected chi connectivity index (χ2v) is 5.48. The molecule has 1 N–H and O–H groups in total. The second-order valence-electron chi connectivity index (χ2n) is 5.48. The summed E-state index contributed by atoms with van der Waals surface area (Å²) in [7, 11) is 0. The number of furan rings is 1. The van der Waals surface area contributed by atoms with Crippen LogP contribution in [0.5, 0.6) is 0 Å². The zero-order valence-electron chi connectivity index (χ0n) is 13.4. The molecule has 0 fully saturated rings. The molecule has 0 aliphatic rings. The third-order valence-corrected chi connectivity index (χ3v) is 3.77. The number of amides is 1. The maximum absolute atomic E-state index is 13.1. The van der Waals surface area contributed by atoms with Gasteiger partial charge in [-0.15, -0.1) is 0 Å². The summed E-state index contributed by atoms with van der Waals surface area (Å²) in [6.07, 6.45) is 4.74. The van der Waals surface area contributed by atoms with E-state index in [1.165, 1.54) is 23.3 Å². The van der Waals surface area contributed by atoms with Crippen LogP contribution in [-0.4, -0.2) is 34.0 Å². The van der Waals surface area contributed by atoms with Crippen molar-refractivity contribution in [3.63, 3.8) is 0 Å². The molecule has 0 unspecified atom stereocenters. The van der Waals surface area contributed by atoms with Gasteiger partial charge in [0.15, 0.2) is 5.76 Å². The number of benzene rings is 1. The van der Waals surface area contributed by atoms with E-state index >= 15 is 0 Å². The Morgan fingerprint density at radius 3 is 2.68 bits per heavy atom. The fourth-order valence-electron chi connectivity index (χ4n) is 2.56. The number of hydrogen-bond acceptors (Lipinski definition) is 4. The first-order valence-corrected chi connectivity index (χ1v) is 7.81. The lowest BCUT2D eigenvalue weighted by molar-refractivity contribution is 0.0677. The molecular formula is C19H17FN2O3. The smallest absolute Gasteiger partial charge is 0.290 e. The molecule has 0 aliphatic carbocycles. The molecule has 0 atom stereocenters. The molecule has 2 aromatic heterocycles. The predicted molar refractivity (Wildman–Crippen MR) is 90.2 cm³/mol. The van der Waals surface area contributed by atoms with Crippen molar-refractivity contribution in [3.8, 4) is 11.1 Å². The molecule has 6 heteroatoms. The van der Waals surface area contributed by atoms with Crippen LogP contribution in [0.3, 0.4) is 0 Å². The lowest BCUT2D eigenvalue weighted by atomic mass is 10.1. The van der Waals surface area contributed by atoms with Gasteiger partial charge in [-0.3, -0.25) is 9.78 Å². The molecule has 128 valence electrons. The van der Waals surface area contributed by atoms with E-state index < -0.39 is 0 Å². The van der Waals surface area contributed by atoms with Crippen molar-refractivity contribution in [1.82, 2.24) is 9.88 Å². The van der Waals surface area contributed by atoms with E-state index in [0.29, 0.717) is 17.7 Å². The Balaban J connectivity index is 1.88. The minimum Gasteiger partial charge on any atom is -0.459 e. The molecule has 0 saturated heterocycles. The Morgan fingerprint density at radius 1 is 1.20 bits per heavy atom. The Hall–Kier alpha value is -2.99. The van der Waals surface area contributed by atoms with Crippen molar-refractivity contribution < 1.29 is 18.7 Å². The molecule has 25 heavy (non-hydrogen) atoms. The lowest BCUT2D eigenvalue weighted by Gasteiger charge is -2.21. The van der Waals surface area contributed by atoms with Crippen LogP contribution in [0.1, 0.15) is 16.1 Å². The minimum absolute atomic E-state index is 0.156. The maximum Gasteiger partial charge on any atom is 0.290 e. The number of aromatic nitrogens is 1. The van der Waals surface area contributed by atoms with Gasteiger partial charge in [0.05, 0.1) is 12.9 Å². The Kier molecular flexibility index (Phi) is 5.20. The zero-order valence-corrected chi connectivity index (χ0v) is 13.4. The largest absolute Gasteiger partial charge is 0.459 e. The summed E-state index contributed by atoms with van der Waals surface area (Å²) in [5.41, 5.74) is 2.11. The van der Waals surface area contributed by atoms with Gasteiger partial charge in [-0.2, -0.15) is 0 Å². The van der Waals surface area contributed by atoms with Crippen molar-refractivity contribution in [1.29, 1.82) is 0 Å². The molecule has 0 spiro atoms. The van der Waals surface area contributed by atoms with E-state index in [2.05, 4.69) is 4.98 Å². The molecule has 1 amide bonds. The van der Waals surface area contributed by atoms with E-state index in [1.807, 2.05) is 6.07 Å². The van der Waals surface area contributed by atoms with Crippen molar-refractivity contribution in [2.45, 2.75) is 6.54 Å². The number of hydrogen-bond donors (Lipinski definition) is 1. The number of aliphatic hydroxyl groups is 1. The quantitative estimate of drug-likeness (QED) is 0.749. The molecule has 0 bridgehead atoms. The highest BCUT2D eigenvalue weighted by atomic mass is 19.1. The van der Waals surface area contributed by atoms with Gasteiger partial charge in [0.25, 0.3) is 5.91 Å². The van der Waals surface area contributed by atoms with Crippen LogP contribution in [-0.2, 0) is 6.54 Å². The van der Waals surface area contributed by atoms with Gasteiger partial charge in [0, 0.05) is 31.0 Å². The third-order valence-electron chi connectivity index (χ3n) is 3.77. The first-order valence-electron chi connectivity index (χ1n) is 7.81. The van der Waals surface area contributed by atoms with Gasteiger partial charge >= 0.3 is 0 Å². The van der Waals surface area contributed by atoms with Gasteiger partial charge in [-0.05, 0) is 35.4 Å². The summed E-state index contributed by atoms with van der Waals surface area (Å²) in [5, 5.41) is 9.30. The molecule has 0 aliphatic heterocycles. The number of carbonyl (C=O) groups excluding carboxylic acids is 1. The number of carbonyl (C=O) groups is 1. The van der Waals surface area contributed by atoms with Crippen molar-refractivity contribution in [2.24, 2.45) is 0 Å². The highest BCUT2D eigenvalue weighted by Crippen LogP contribution is 2.26. The summed E-state index contributed by atoms with van der Waals surface area (Å²) < 4.78 is 18.5. The molecule has 0 saturated carbocycles. The topological polar surface area (TPSA) is 66.6 Å². The fraction of sp³-hybridized carbons (Fsp3) is 0.158. The number of pyridine rings is 1. The van der Waals surface area contributed by atoms with E-state index in [0.717, 1.165) is 5.56 Å². The van der Waals surface area contributed by atoms with Crippen LogP contribution in [0.2, 0.25) is 0 Å². The SMILES string of the molecule is O=C(c1occc1-c1ccc(F)cc1)N(CCO)Cc1cccnc1. The number of nitrogens with zero attached hydrogens (tertiary/aromatic N) is 2. The van der Waals surface area contributed by atoms with Crippen molar-refractivity contribution >= 4 is 5.91 Å². The highest BCUT2D eigenvalue weighted by Gasteiger charge is 2.23. The van der Waals surface area contributed by atoms with Crippen LogP contribution in [0.25, 0.3) is 11.1 Å². The van der Waals surface area contributed by atoms with Crippen LogP contribution in [0, 0.1) is 5.82 Å². The first kappa shape index (κ1) is 16.9. The standard InChI is InChI=1S/C19H17FN2O3/c20-16-5-3-15(4-6-16)17-7-11-25-18(17)19(24)22(9-10-23)13-14-2-1-8-21-12-14/h1-8,11-12,23H,9-10,13H2. The Bertz CT molecular complexity index is 831. The maximum atomic E-state index is 13.1. The van der Waals surface area contributed by atoms with Crippen LogP contribution in [0.4, 0.5) is 4.39 Å². The van der Waals surface area contributed by atoms with E-state index in [-0.39, 0.29) is 30.6 Å². The van der Waals surface area contributed by atoms with Gasteiger partial charge in [0.2, 0.25) is 0 Å². The third kappa shape index (κ3) is 3.92. The van der Waals surface area contributed by atoms with Crippen molar-refractivity contribution in [3.05, 3.63) is 78.3 Å². The zero-order chi connectivity index (χ0) is 17.6. The normalized spacial score (nSPS) is 10.6. The van der Waals surface area contributed by atoms with Gasteiger partial charge in [0.1, 0.15) is 5.82 Å². The van der Waals surface area contributed by atoms with Gasteiger partial charge in [-0.1, -0.05) is 18.2 Å². The number of rotatable bonds is 6. The van der Waals surface area contributed by atoms with E-state index in [9.17, 15) is 14.3 Å². The number of halogens is 1. The highest BCUT2D eigenvalue weighted by molar-refractivity contribution is 5.98. The summed E-state index contributed by atoms with van der Waals surface area (Å²) in [4.78, 5) is 18.4. The van der Waals surface area contributed by atoms with Gasteiger partial charge in [-0.25, -0.2) is 4.39 Å². The molecule has 5 nitrogen and oxygen atoms in total. The summed E-state index contributed by atoms with van der Waals surface area (Å²) >= 11 is 0. The molecule has 1 aromatic carbocycles. The average Bonchev–Trinajstić information content (AvgIpc) is 3.12. The molecule has 3 aromatic rings. The average molecular weight is 340 g/mol. The molecule has 0 radical (unpaired) electrons. The molecular weight excluding hydrogens is 323 g/mol. The minimum atomic E-state index is -0.349. The van der Waals surface area contributed by atoms with E-state index in [1.54, 1.807) is 36.7 Å². The van der Waals surface area contributed by atoms with Gasteiger partial charge < -0.3 is 14.4 Å².